The number of hydrogen-bond donors (Lipinski definition) is 0. The molecule has 0 aromatic heterocycles. The zero-order valence-electron chi connectivity index (χ0n) is 29.4. The molecule has 0 heterocycles. The van der Waals surface area contributed by atoms with Crippen LogP contribution in [0.25, 0.3) is 0 Å². The summed E-state index contributed by atoms with van der Waals surface area (Å²) in [6, 6.07) is 0. The molecular formula is C32H63NO14. The van der Waals surface area contributed by atoms with Gasteiger partial charge in [-0.25, -0.2) is 4.79 Å². The van der Waals surface area contributed by atoms with E-state index in [1.165, 1.54) is 11.2 Å². The lowest BCUT2D eigenvalue weighted by Gasteiger charge is -2.24. The number of ether oxygens (including phenoxy) is 13. The Morgan fingerprint density at radius 1 is 0.468 bits per heavy atom. The van der Waals surface area contributed by atoms with Gasteiger partial charge in [-0.15, -0.1) is 0 Å². The van der Waals surface area contributed by atoms with Crippen molar-refractivity contribution in [2.75, 3.05) is 166 Å². The van der Waals surface area contributed by atoms with Crippen LogP contribution in [0.15, 0.2) is 12.8 Å². The molecule has 0 saturated carbocycles. The predicted octanol–water partition coefficient (Wildman–Crippen LogP) is 2.20. The van der Waals surface area contributed by atoms with E-state index < -0.39 is 5.60 Å². The molecule has 0 spiro atoms. The Labute approximate surface area is 282 Å². The van der Waals surface area contributed by atoms with Gasteiger partial charge in [0, 0.05) is 13.6 Å². The molecule has 0 aliphatic heterocycles. The fourth-order valence-corrected chi connectivity index (χ4v) is 3.12. The molecule has 0 rings (SSSR count). The summed E-state index contributed by atoms with van der Waals surface area (Å²) in [7, 11) is 1.68. The van der Waals surface area contributed by atoms with Gasteiger partial charge in [0.15, 0.2) is 0 Å². The molecule has 0 aliphatic carbocycles. The minimum Gasteiger partial charge on any atom is -0.499 e. The quantitative estimate of drug-likeness (QED) is 0.0697. The maximum atomic E-state index is 11.9. The smallest absolute Gasteiger partial charge is 0.410 e. The molecule has 0 aliphatic rings. The van der Waals surface area contributed by atoms with Gasteiger partial charge in [0.05, 0.1) is 152 Å². The lowest BCUT2D eigenvalue weighted by Crippen LogP contribution is -2.36. The molecular weight excluding hydrogens is 622 g/mol. The van der Waals surface area contributed by atoms with E-state index in [4.69, 9.17) is 61.6 Å². The van der Waals surface area contributed by atoms with E-state index >= 15 is 0 Å². The maximum Gasteiger partial charge on any atom is 0.410 e. The summed E-state index contributed by atoms with van der Waals surface area (Å²) in [6.07, 6.45) is 1.03. The lowest BCUT2D eigenvalue weighted by atomic mass is 10.2. The summed E-state index contributed by atoms with van der Waals surface area (Å²) in [5.74, 6) is 0. The number of carbonyl (C=O) groups is 1. The third-order valence-corrected chi connectivity index (χ3v) is 5.46. The average molecular weight is 686 g/mol. The van der Waals surface area contributed by atoms with Gasteiger partial charge in [-0.05, 0) is 20.8 Å². The highest BCUT2D eigenvalue weighted by atomic mass is 16.6. The third kappa shape index (κ3) is 38.7. The molecule has 0 fully saturated rings. The fourth-order valence-electron chi connectivity index (χ4n) is 3.12. The molecule has 15 heteroatoms. The third-order valence-electron chi connectivity index (χ3n) is 5.46. The first-order valence-corrected chi connectivity index (χ1v) is 16.4. The number of amides is 1. The SMILES string of the molecule is C=COCCOCCOCCOCCOCCOCCOCCOCCOCCOCCOCCOCCN(C)C(=O)OC(C)(C)C. The Hall–Kier alpha value is -1.63. The van der Waals surface area contributed by atoms with E-state index in [0.717, 1.165) is 0 Å². The number of likely N-dealkylation sites (N-methyl/N-ethyl adjacent to an activating group) is 1. The Morgan fingerprint density at radius 2 is 0.702 bits per heavy atom. The van der Waals surface area contributed by atoms with Crippen molar-refractivity contribution < 1.29 is 66.4 Å². The Bertz CT molecular complexity index is 668. The van der Waals surface area contributed by atoms with Gasteiger partial charge in [0.1, 0.15) is 12.2 Å². The van der Waals surface area contributed by atoms with Crippen molar-refractivity contribution in [2.45, 2.75) is 26.4 Å². The van der Waals surface area contributed by atoms with E-state index in [1.807, 2.05) is 20.8 Å². The highest BCUT2D eigenvalue weighted by Crippen LogP contribution is 2.08. The first kappa shape index (κ1) is 45.4. The molecule has 280 valence electrons. The van der Waals surface area contributed by atoms with E-state index in [0.29, 0.717) is 159 Å². The van der Waals surface area contributed by atoms with Crippen molar-refractivity contribution >= 4 is 6.09 Å². The number of hydrogen-bond acceptors (Lipinski definition) is 14. The summed E-state index contributed by atoms with van der Waals surface area (Å²) >= 11 is 0. The zero-order chi connectivity index (χ0) is 34.5. The van der Waals surface area contributed by atoms with Crippen LogP contribution in [0.4, 0.5) is 4.79 Å². The van der Waals surface area contributed by atoms with Gasteiger partial charge in [-0.2, -0.15) is 0 Å². The molecule has 47 heavy (non-hydrogen) atoms. The molecule has 0 atom stereocenters. The van der Waals surface area contributed by atoms with Crippen molar-refractivity contribution in [3.05, 3.63) is 12.8 Å². The summed E-state index contributed by atoms with van der Waals surface area (Å²) in [6.45, 7) is 20.7. The van der Waals surface area contributed by atoms with Gasteiger partial charge in [-0.1, -0.05) is 6.58 Å². The van der Waals surface area contributed by atoms with Crippen molar-refractivity contribution in [3.8, 4) is 0 Å². The van der Waals surface area contributed by atoms with Gasteiger partial charge >= 0.3 is 6.09 Å². The second kappa shape index (κ2) is 35.7. The van der Waals surface area contributed by atoms with Crippen molar-refractivity contribution in [1.82, 2.24) is 4.90 Å². The van der Waals surface area contributed by atoms with Gasteiger partial charge < -0.3 is 66.5 Å². The van der Waals surface area contributed by atoms with E-state index in [2.05, 4.69) is 6.58 Å². The zero-order valence-corrected chi connectivity index (χ0v) is 29.4. The normalized spacial score (nSPS) is 11.6. The summed E-state index contributed by atoms with van der Waals surface area (Å²) in [5, 5.41) is 0. The highest BCUT2D eigenvalue weighted by molar-refractivity contribution is 5.67. The van der Waals surface area contributed by atoms with Crippen molar-refractivity contribution in [1.29, 1.82) is 0 Å². The maximum absolute atomic E-state index is 11.9. The van der Waals surface area contributed by atoms with Crippen LogP contribution >= 0.6 is 0 Å². The number of nitrogens with zero attached hydrogens (tertiary/aromatic N) is 1. The van der Waals surface area contributed by atoms with Crippen molar-refractivity contribution in [3.63, 3.8) is 0 Å². The van der Waals surface area contributed by atoms with E-state index in [9.17, 15) is 4.79 Å². The number of carbonyl (C=O) groups excluding carboxylic acids is 1. The van der Waals surface area contributed by atoms with E-state index in [1.54, 1.807) is 7.05 Å². The molecule has 0 bridgehead atoms. The molecule has 0 radical (unpaired) electrons. The summed E-state index contributed by atoms with van der Waals surface area (Å²) < 4.78 is 70.1. The molecule has 0 saturated heterocycles. The average Bonchev–Trinajstić information content (AvgIpc) is 3.03. The Balaban J connectivity index is 3.14. The van der Waals surface area contributed by atoms with Crippen LogP contribution < -0.4 is 0 Å². The van der Waals surface area contributed by atoms with Gasteiger partial charge in [0.2, 0.25) is 0 Å². The first-order valence-electron chi connectivity index (χ1n) is 16.4. The molecule has 1 amide bonds. The van der Waals surface area contributed by atoms with Gasteiger partial charge in [-0.3, -0.25) is 0 Å². The van der Waals surface area contributed by atoms with Crippen LogP contribution in [-0.2, 0) is 61.6 Å². The standard InChI is InChI=1S/C32H63NO14/c1-6-35-9-10-37-13-14-39-17-18-41-21-22-43-25-26-45-29-30-46-28-27-44-24-23-42-20-19-40-16-15-38-12-11-36-8-7-33(5)31(34)47-32(2,3)4/h6H,1,7-30H2,2-5H3. The molecule has 0 aromatic rings. The Morgan fingerprint density at radius 3 is 0.936 bits per heavy atom. The van der Waals surface area contributed by atoms with Crippen LogP contribution in [0.1, 0.15) is 20.8 Å². The second-order valence-corrected chi connectivity index (χ2v) is 10.7. The highest BCUT2D eigenvalue weighted by Gasteiger charge is 2.19. The number of rotatable bonds is 37. The monoisotopic (exact) mass is 685 g/mol. The van der Waals surface area contributed by atoms with Crippen LogP contribution in [0.2, 0.25) is 0 Å². The topological polar surface area (TPSA) is 140 Å². The van der Waals surface area contributed by atoms with Crippen LogP contribution in [-0.4, -0.2) is 182 Å². The van der Waals surface area contributed by atoms with E-state index in [-0.39, 0.29) is 6.09 Å². The molecule has 0 N–H and O–H groups in total. The van der Waals surface area contributed by atoms with Crippen LogP contribution in [0, 0.1) is 0 Å². The second-order valence-electron chi connectivity index (χ2n) is 10.7. The molecule has 0 aromatic carbocycles. The largest absolute Gasteiger partial charge is 0.499 e. The van der Waals surface area contributed by atoms with Crippen LogP contribution in [0.5, 0.6) is 0 Å². The fraction of sp³-hybridized carbons (Fsp3) is 0.906. The first-order chi connectivity index (χ1) is 22.9. The minimum atomic E-state index is -0.511. The summed E-state index contributed by atoms with van der Waals surface area (Å²) in [5.41, 5.74) is -0.511. The van der Waals surface area contributed by atoms with Crippen LogP contribution in [0.3, 0.4) is 0 Å². The van der Waals surface area contributed by atoms with Crippen molar-refractivity contribution in [2.24, 2.45) is 0 Å². The summed E-state index contributed by atoms with van der Waals surface area (Å²) in [4.78, 5) is 13.3. The lowest BCUT2D eigenvalue weighted by molar-refractivity contribution is -0.0280. The predicted molar refractivity (Wildman–Crippen MR) is 174 cm³/mol. The molecule has 0 unspecified atom stereocenters. The molecule has 15 nitrogen and oxygen atoms in total. The van der Waals surface area contributed by atoms with Gasteiger partial charge in [0.25, 0.3) is 0 Å². The Kier molecular flexibility index (Phi) is 34.4. The minimum absolute atomic E-state index is 0.365.